The second-order valence-electron chi connectivity index (χ2n) is 4.55. The molecular formula is C14H23FN3S+. The van der Waals surface area contributed by atoms with Gasteiger partial charge in [-0.1, -0.05) is 6.07 Å². The second-order valence-corrected chi connectivity index (χ2v) is 4.96. The van der Waals surface area contributed by atoms with E-state index in [1.807, 2.05) is 6.07 Å². The third kappa shape index (κ3) is 5.53. The van der Waals surface area contributed by atoms with Crippen molar-refractivity contribution in [2.45, 2.75) is 20.8 Å². The molecule has 0 unspecified atom stereocenters. The summed E-state index contributed by atoms with van der Waals surface area (Å²) >= 11 is 5.18. The van der Waals surface area contributed by atoms with Crippen LogP contribution in [0.2, 0.25) is 0 Å². The zero-order valence-corrected chi connectivity index (χ0v) is 12.7. The van der Waals surface area contributed by atoms with E-state index in [-0.39, 0.29) is 5.82 Å². The van der Waals surface area contributed by atoms with E-state index in [4.69, 9.17) is 12.2 Å². The Morgan fingerprint density at radius 1 is 1.32 bits per heavy atom. The Balaban J connectivity index is 2.36. The Morgan fingerprint density at radius 2 is 2.00 bits per heavy atom. The molecule has 0 atom stereocenters. The van der Waals surface area contributed by atoms with E-state index in [9.17, 15) is 4.39 Å². The molecule has 19 heavy (non-hydrogen) atoms. The highest BCUT2D eigenvalue weighted by Gasteiger charge is 2.04. The number of halogens is 1. The lowest BCUT2D eigenvalue weighted by Gasteiger charge is -2.16. The number of hydrogen-bond acceptors (Lipinski definition) is 1. The number of hydrogen-bond donors (Lipinski definition) is 3. The van der Waals surface area contributed by atoms with Gasteiger partial charge < -0.3 is 15.5 Å². The van der Waals surface area contributed by atoms with E-state index in [1.165, 1.54) is 11.0 Å². The van der Waals surface area contributed by atoms with Gasteiger partial charge >= 0.3 is 0 Å². The van der Waals surface area contributed by atoms with Crippen molar-refractivity contribution in [3.05, 3.63) is 29.6 Å². The standard InChI is InChI=1S/C14H22FN3S/c1-4-18(5-2)9-8-16-14(19)17-12-7-6-11(3)13(15)10-12/h6-7,10H,4-5,8-9H2,1-3H3,(H2,16,17,19)/p+1. The van der Waals surface area contributed by atoms with Gasteiger partial charge in [-0.15, -0.1) is 0 Å². The number of anilines is 1. The highest BCUT2D eigenvalue weighted by atomic mass is 32.1. The highest BCUT2D eigenvalue weighted by molar-refractivity contribution is 7.80. The van der Waals surface area contributed by atoms with Crippen LogP contribution in [-0.4, -0.2) is 31.3 Å². The summed E-state index contributed by atoms with van der Waals surface area (Å²) in [5, 5.41) is 6.67. The Hall–Kier alpha value is -1.20. The molecule has 0 spiro atoms. The van der Waals surface area contributed by atoms with Gasteiger partial charge in [0.1, 0.15) is 5.82 Å². The molecule has 0 saturated carbocycles. The maximum Gasteiger partial charge on any atom is 0.170 e. The smallest absolute Gasteiger partial charge is 0.170 e. The van der Waals surface area contributed by atoms with Crippen LogP contribution in [0.1, 0.15) is 19.4 Å². The van der Waals surface area contributed by atoms with E-state index < -0.39 is 0 Å². The van der Waals surface area contributed by atoms with E-state index in [1.54, 1.807) is 13.0 Å². The average molecular weight is 284 g/mol. The highest BCUT2D eigenvalue weighted by Crippen LogP contribution is 2.13. The van der Waals surface area contributed by atoms with Crippen LogP contribution in [0.15, 0.2) is 18.2 Å². The van der Waals surface area contributed by atoms with Gasteiger partial charge in [0.05, 0.1) is 26.2 Å². The van der Waals surface area contributed by atoms with Crippen molar-refractivity contribution in [2.75, 3.05) is 31.5 Å². The first kappa shape index (κ1) is 15.9. The van der Waals surface area contributed by atoms with E-state index in [2.05, 4.69) is 24.5 Å². The first-order chi connectivity index (χ1) is 9.06. The van der Waals surface area contributed by atoms with E-state index in [0.717, 1.165) is 26.2 Å². The molecule has 3 nitrogen and oxygen atoms in total. The minimum atomic E-state index is -0.222. The third-order valence-corrected chi connectivity index (χ3v) is 3.44. The van der Waals surface area contributed by atoms with Gasteiger partial charge in [0.15, 0.2) is 5.11 Å². The lowest BCUT2D eigenvalue weighted by Crippen LogP contribution is -3.12. The molecular weight excluding hydrogens is 261 g/mol. The van der Waals surface area contributed by atoms with Crippen molar-refractivity contribution in [3.8, 4) is 0 Å². The fourth-order valence-corrected chi connectivity index (χ4v) is 2.02. The van der Waals surface area contributed by atoms with Crippen molar-refractivity contribution < 1.29 is 9.29 Å². The summed E-state index contributed by atoms with van der Waals surface area (Å²) in [5.41, 5.74) is 1.31. The first-order valence-electron chi connectivity index (χ1n) is 6.71. The largest absolute Gasteiger partial charge is 0.357 e. The summed E-state index contributed by atoms with van der Waals surface area (Å²) in [6, 6.07) is 5.02. The summed E-state index contributed by atoms with van der Waals surface area (Å²) in [5.74, 6) is -0.222. The van der Waals surface area contributed by atoms with Crippen LogP contribution in [0.25, 0.3) is 0 Å². The lowest BCUT2D eigenvalue weighted by atomic mass is 10.2. The summed E-state index contributed by atoms with van der Waals surface area (Å²) in [6.45, 7) is 10.1. The van der Waals surface area contributed by atoms with Crippen LogP contribution in [0.5, 0.6) is 0 Å². The lowest BCUT2D eigenvalue weighted by molar-refractivity contribution is -0.895. The zero-order chi connectivity index (χ0) is 14.3. The first-order valence-corrected chi connectivity index (χ1v) is 7.12. The van der Waals surface area contributed by atoms with Crippen LogP contribution in [0.4, 0.5) is 10.1 Å². The summed E-state index contributed by atoms with van der Waals surface area (Å²) in [4.78, 5) is 1.52. The molecule has 5 heteroatoms. The normalized spacial score (nSPS) is 10.6. The van der Waals surface area contributed by atoms with Crippen molar-refractivity contribution in [3.63, 3.8) is 0 Å². The Labute approximate surface area is 120 Å². The molecule has 0 radical (unpaired) electrons. The van der Waals surface area contributed by atoms with Gasteiger partial charge in [-0.3, -0.25) is 0 Å². The molecule has 0 bridgehead atoms. The number of quaternary nitrogens is 1. The number of thiocarbonyl (C=S) groups is 1. The molecule has 0 aromatic heterocycles. The van der Waals surface area contributed by atoms with Gasteiger partial charge in [0.2, 0.25) is 0 Å². The molecule has 0 aliphatic heterocycles. The molecule has 0 fully saturated rings. The topological polar surface area (TPSA) is 28.5 Å². The van der Waals surface area contributed by atoms with Gasteiger partial charge in [0, 0.05) is 5.69 Å². The molecule has 0 saturated heterocycles. The minimum Gasteiger partial charge on any atom is -0.357 e. The maximum atomic E-state index is 13.4. The van der Waals surface area contributed by atoms with Crippen molar-refractivity contribution >= 4 is 23.0 Å². The minimum absolute atomic E-state index is 0.222. The molecule has 106 valence electrons. The van der Waals surface area contributed by atoms with Gasteiger partial charge in [-0.05, 0) is 50.7 Å². The Kier molecular flexibility index (Phi) is 6.73. The van der Waals surface area contributed by atoms with Crippen molar-refractivity contribution in [1.82, 2.24) is 5.32 Å². The molecule has 0 aliphatic rings. The van der Waals surface area contributed by atoms with E-state index >= 15 is 0 Å². The Morgan fingerprint density at radius 3 is 2.58 bits per heavy atom. The Bertz CT molecular complexity index is 419. The SMILES string of the molecule is CC[NH+](CC)CCNC(=S)Nc1ccc(C)c(F)c1. The summed E-state index contributed by atoms with van der Waals surface area (Å²) in [6.07, 6.45) is 0. The summed E-state index contributed by atoms with van der Waals surface area (Å²) < 4.78 is 13.4. The predicted molar refractivity (Wildman–Crippen MR) is 82.3 cm³/mol. The zero-order valence-electron chi connectivity index (χ0n) is 11.8. The van der Waals surface area contributed by atoms with Crippen molar-refractivity contribution in [2.24, 2.45) is 0 Å². The van der Waals surface area contributed by atoms with Crippen LogP contribution >= 0.6 is 12.2 Å². The van der Waals surface area contributed by atoms with E-state index in [0.29, 0.717) is 16.4 Å². The van der Waals surface area contributed by atoms with Crippen LogP contribution in [-0.2, 0) is 0 Å². The number of nitrogens with one attached hydrogen (secondary N) is 3. The van der Waals surface area contributed by atoms with Gasteiger partial charge in [0.25, 0.3) is 0 Å². The summed E-state index contributed by atoms with van der Waals surface area (Å²) in [7, 11) is 0. The van der Waals surface area contributed by atoms with Crippen LogP contribution < -0.4 is 15.5 Å². The predicted octanol–water partition coefficient (Wildman–Crippen LogP) is 1.35. The number of rotatable bonds is 6. The molecule has 3 N–H and O–H groups in total. The van der Waals surface area contributed by atoms with Gasteiger partial charge in [-0.2, -0.15) is 0 Å². The second kappa shape index (κ2) is 8.07. The molecule has 1 aromatic carbocycles. The molecule has 0 heterocycles. The van der Waals surface area contributed by atoms with Crippen LogP contribution in [0.3, 0.4) is 0 Å². The van der Waals surface area contributed by atoms with Crippen molar-refractivity contribution in [1.29, 1.82) is 0 Å². The molecule has 0 aliphatic carbocycles. The number of benzene rings is 1. The maximum absolute atomic E-state index is 13.4. The number of likely N-dealkylation sites (N-methyl/N-ethyl adjacent to an activating group) is 1. The average Bonchev–Trinajstić information content (AvgIpc) is 2.39. The molecule has 0 amide bonds. The van der Waals surface area contributed by atoms with Gasteiger partial charge in [-0.25, -0.2) is 4.39 Å². The fourth-order valence-electron chi connectivity index (χ4n) is 1.80. The monoisotopic (exact) mass is 284 g/mol. The number of aryl methyl sites for hydroxylation is 1. The fraction of sp³-hybridized carbons (Fsp3) is 0.500. The molecule has 1 rings (SSSR count). The molecule has 1 aromatic rings. The van der Waals surface area contributed by atoms with Crippen LogP contribution in [0, 0.1) is 12.7 Å². The third-order valence-electron chi connectivity index (χ3n) is 3.19. The quantitative estimate of drug-likeness (QED) is 0.689.